The van der Waals surface area contributed by atoms with Crippen LogP contribution in [-0.4, -0.2) is 20.6 Å². The molecule has 21 heavy (non-hydrogen) atoms. The van der Waals surface area contributed by atoms with Crippen molar-refractivity contribution in [2.75, 3.05) is 17.1 Å². The quantitative estimate of drug-likeness (QED) is 0.849. The average molecular weight is 327 g/mol. The van der Waals surface area contributed by atoms with Gasteiger partial charge in [0.05, 0.1) is 21.3 Å². The molecule has 0 radical (unpaired) electrons. The minimum absolute atomic E-state index is 0.0121. The third-order valence-corrected chi connectivity index (χ3v) is 5.38. The van der Waals surface area contributed by atoms with Crippen molar-refractivity contribution in [3.8, 4) is 5.75 Å². The van der Waals surface area contributed by atoms with Gasteiger partial charge in [-0.25, -0.2) is 8.42 Å². The molecule has 0 spiro atoms. The number of nitrogens with zero attached hydrogens (tertiary/aromatic N) is 1. The number of benzene rings is 2. The van der Waals surface area contributed by atoms with Gasteiger partial charge in [-0.05, 0) is 36.8 Å². The van der Waals surface area contributed by atoms with Gasteiger partial charge >= 0.3 is 0 Å². The number of anilines is 2. The zero-order valence-electron chi connectivity index (χ0n) is 11.5. The average Bonchev–Trinajstić information content (AvgIpc) is 2.41. The molecule has 0 unspecified atom stereocenters. The van der Waals surface area contributed by atoms with E-state index in [0.29, 0.717) is 16.3 Å². The van der Waals surface area contributed by atoms with Crippen molar-refractivity contribution in [3.05, 3.63) is 47.0 Å². The summed E-state index contributed by atoms with van der Waals surface area (Å²) in [5.74, 6) is -0.0121. The van der Waals surface area contributed by atoms with E-state index in [0.717, 1.165) is 4.31 Å². The van der Waals surface area contributed by atoms with Crippen LogP contribution in [0.15, 0.2) is 41.3 Å². The molecule has 0 bridgehead atoms. The van der Waals surface area contributed by atoms with E-state index in [1.165, 1.54) is 31.3 Å². The van der Waals surface area contributed by atoms with E-state index < -0.39 is 10.0 Å². The Morgan fingerprint density at radius 3 is 2.52 bits per heavy atom. The fourth-order valence-electron chi connectivity index (χ4n) is 1.92. The number of hydrogen-bond donors (Lipinski definition) is 2. The smallest absolute Gasteiger partial charge is 0.264 e. The van der Waals surface area contributed by atoms with Crippen molar-refractivity contribution in [3.63, 3.8) is 0 Å². The van der Waals surface area contributed by atoms with Crippen molar-refractivity contribution in [1.29, 1.82) is 0 Å². The molecular formula is C14H15ClN2O3S. The third kappa shape index (κ3) is 2.91. The van der Waals surface area contributed by atoms with Crippen molar-refractivity contribution in [1.82, 2.24) is 0 Å². The predicted octanol–water partition coefficient (Wildman–Crippen LogP) is 2.76. The molecule has 0 aliphatic carbocycles. The SMILES string of the molecule is Cc1cc(Cl)c(N)cc1S(=O)(=O)N(C)c1cccc(O)c1. The van der Waals surface area contributed by atoms with Crippen LogP contribution in [0.5, 0.6) is 5.75 Å². The first-order valence-electron chi connectivity index (χ1n) is 6.07. The maximum atomic E-state index is 12.7. The number of nitrogen functional groups attached to an aromatic ring is 1. The van der Waals surface area contributed by atoms with Crippen LogP contribution in [-0.2, 0) is 10.0 Å². The largest absolute Gasteiger partial charge is 0.508 e. The number of phenols is 1. The van der Waals surface area contributed by atoms with Gasteiger partial charge in [0.1, 0.15) is 5.75 Å². The van der Waals surface area contributed by atoms with Crippen LogP contribution in [0.25, 0.3) is 0 Å². The minimum Gasteiger partial charge on any atom is -0.508 e. The molecule has 2 aromatic carbocycles. The lowest BCUT2D eigenvalue weighted by Crippen LogP contribution is -2.27. The molecule has 0 saturated heterocycles. The molecule has 0 aromatic heterocycles. The van der Waals surface area contributed by atoms with Crippen LogP contribution in [0.4, 0.5) is 11.4 Å². The maximum Gasteiger partial charge on any atom is 0.264 e. The first-order chi connectivity index (χ1) is 9.73. The van der Waals surface area contributed by atoms with E-state index in [1.54, 1.807) is 19.1 Å². The van der Waals surface area contributed by atoms with Crippen LogP contribution in [0.1, 0.15) is 5.56 Å². The van der Waals surface area contributed by atoms with E-state index in [2.05, 4.69) is 0 Å². The Hall–Kier alpha value is -1.92. The summed E-state index contributed by atoms with van der Waals surface area (Å²) in [6.07, 6.45) is 0. The van der Waals surface area contributed by atoms with Crippen molar-refractivity contribution in [2.24, 2.45) is 0 Å². The first kappa shape index (κ1) is 15.5. The maximum absolute atomic E-state index is 12.7. The Balaban J connectivity index is 2.54. The monoisotopic (exact) mass is 326 g/mol. The Kier molecular flexibility index (Phi) is 4.02. The number of rotatable bonds is 3. The highest BCUT2D eigenvalue weighted by Gasteiger charge is 2.24. The second-order valence-corrected chi connectivity index (χ2v) is 6.98. The first-order valence-corrected chi connectivity index (χ1v) is 7.89. The number of aryl methyl sites for hydroxylation is 1. The number of nitrogens with two attached hydrogens (primary N) is 1. The summed E-state index contributed by atoms with van der Waals surface area (Å²) in [4.78, 5) is 0.0789. The van der Waals surface area contributed by atoms with Crippen molar-refractivity contribution in [2.45, 2.75) is 11.8 Å². The molecular weight excluding hydrogens is 312 g/mol. The van der Waals surface area contributed by atoms with Crippen LogP contribution in [0, 0.1) is 6.92 Å². The third-order valence-electron chi connectivity index (χ3n) is 3.13. The fraction of sp³-hybridized carbons (Fsp3) is 0.143. The lowest BCUT2D eigenvalue weighted by atomic mass is 10.2. The molecule has 0 fully saturated rings. The van der Waals surface area contributed by atoms with Crippen molar-refractivity contribution < 1.29 is 13.5 Å². The summed E-state index contributed by atoms with van der Waals surface area (Å²) in [5, 5.41) is 9.79. The predicted molar refractivity (Wildman–Crippen MR) is 84.3 cm³/mol. The zero-order chi connectivity index (χ0) is 15.8. The molecule has 0 atom stereocenters. The molecule has 112 valence electrons. The molecule has 5 nitrogen and oxygen atoms in total. The molecule has 2 rings (SSSR count). The molecule has 7 heteroatoms. The van der Waals surface area contributed by atoms with Gasteiger partial charge in [-0.3, -0.25) is 4.31 Å². The van der Waals surface area contributed by atoms with E-state index in [4.69, 9.17) is 17.3 Å². The van der Waals surface area contributed by atoms with E-state index in [1.807, 2.05) is 0 Å². The van der Waals surface area contributed by atoms with Gasteiger partial charge in [-0.15, -0.1) is 0 Å². The van der Waals surface area contributed by atoms with Crippen LogP contribution < -0.4 is 10.0 Å². The van der Waals surface area contributed by atoms with Gasteiger partial charge in [0.15, 0.2) is 0 Å². The number of hydrogen-bond acceptors (Lipinski definition) is 4. The van der Waals surface area contributed by atoms with E-state index in [-0.39, 0.29) is 16.3 Å². The Morgan fingerprint density at radius 2 is 1.90 bits per heavy atom. The summed E-state index contributed by atoms with van der Waals surface area (Å²) < 4.78 is 26.4. The standard InChI is InChI=1S/C14H15ClN2O3S/c1-9-6-12(15)13(16)8-14(9)21(19,20)17(2)10-4-3-5-11(18)7-10/h3-8,18H,16H2,1-2H3. The molecule has 2 aromatic rings. The normalized spacial score (nSPS) is 11.4. The number of phenolic OH excluding ortho intramolecular Hbond substituents is 1. The number of halogens is 1. The highest BCUT2D eigenvalue weighted by molar-refractivity contribution is 7.92. The second-order valence-electron chi connectivity index (χ2n) is 4.63. The summed E-state index contributed by atoms with van der Waals surface area (Å²) in [6.45, 7) is 1.65. The van der Waals surface area contributed by atoms with E-state index in [9.17, 15) is 13.5 Å². The zero-order valence-corrected chi connectivity index (χ0v) is 13.1. The van der Waals surface area contributed by atoms with Crippen LogP contribution in [0.3, 0.4) is 0 Å². The number of sulfonamides is 1. The Labute approximate surface area is 128 Å². The van der Waals surface area contributed by atoms with Gasteiger partial charge in [0, 0.05) is 13.1 Å². The summed E-state index contributed by atoms with van der Waals surface area (Å²) in [5.41, 5.74) is 6.74. The Morgan fingerprint density at radius 1 is 1.24 bits per heavy atom. The van der Waals surface area contributed by atoms with Gasteiger partial charge in [-0.1, -0.05) is 17.7 Å². The van der Waals surface area contributed by atoms with E-state index >= 15 is 0 Å². The van der Waals surface area contributed by atoms with Gasteiger partial charge < -0.3 is 10.8 Å². The van der Waals surface area contributed by atoms with Crippen molar-refractivity contribution >= 4 is 33.0 Å². The minimum atomic E-state index is -3.80. The summed E-state index contributed by atoms with van der Waals surface area (Å²) in [7, 11) is -2.38. The fourth-order valence-corrected chi connectivity index (χ4v) is 3.57. The summed E-state index contributed by atoms with van der Waals surface area (Å²) in [6, 6.07) is 8.85. The molecule has 3 N–H and O–H groups in total. The summed E-state index contributed by atoms with van der Waals surface area (Å²) >= 11 is 5.89. The van der Waals surface area contributed by atoms with Gasteiger partial charge in [0.25, 0.3) is 10.0 Å². The highest BCUT2D eigenvalue weighted by Crippen LogP contribution is 2.30. The Bertz CT molecular complexity index is 791. The van der Waals surface area contributed by atoms with Crippen LogP contribution in [0.2, 0.25) is 5.02 Å². The molecule has 0 aliphatic rings. The lowest BCUT2D eigenvalue weighted by molar-refractivity contribution is 0.475. The topological polar surface area (TPSA) is 83.6 Å². The van der Waals surface area contributed by atoms with Crippen LogP contribution >= 0.6 is 11.6 Å². The molecule has 0 saturated carbocycles. The molecule has 0 heterocycles. The molecule has 0 amide bonds. The number of aromatic hydroxyl groups is 1. The highest BCUT2D eigenvalue weighted by atomic mass is 35.5. The van der Waals surface area contributed by atoms with Gasteiger partial charge in [0.2, 0.25) is 0 Å². The molecule has 0 aliphatic heterocycles. The lowest BCUT2D eigenvalue weighted by Gasteiger charge is -2.21. The second kappa shape index (κ2) is 5.46. The van der Waals surface area contributed by atoms with Gasteiger partial charge in [-0.2, -0.15) is 0 Å².